The highest BCUT2D eigenvalue weighted by Gasteiger charge is 2.28. The summed E-state index contributed by atoms with van der Waals surface area (Å²) in [5.74, 6) is 2.78. The van der Waals surface area contributed by atoms with Crippen molar-refractivity contribution >= 4 is 29.1 Å². The zero-order valence-electron chi connectivity index (χ0n) is 22.9. The number of hydrogen-bond acceptors (Lipinski definition) is 4. The van der Waals surface area contributed by atoms with E-state index in [4.69, 9.17) is 30.2 Å². The lowest BCUT2D eigenvalue weighted by atomic mass is 9.96. The van der Waals surface area contributed by atoms with E-state index in [9.17, 15) is 0 Å². The van der Waals surface area contributed by atoms with Crippen molar-refractivity contribution in [1.29, 1.82) is 0 Å². The Balaban J connectivity index is 1.88. The Morgan fingerprint density at radius 2 is 0.850 bits per heavy atom. The van der Waals surface area contributed by atoms with Crippen LogP contribution in [0.1, 0.15) is 0 Å². The summed E-state index contributed by atoms with van der Waals surface area (Å²) < 4.78 is 23.4. The maximum absolute atomic E-state index is 7.68. The number of halogens is 1. The highest BCUT2D eigenvalue weighted by Crippen LogP contribution is 2.52. The van der Waals surface area contributed by atoms with Gasteiger partial charge in [-0.3, -0.25) is 0 Å². The van der Waals surface area contributed by atoms with Crippen LogP contribution < -0.4 is 29.6 Å². The van der Waals surface area contributed by atoms with Crippen molar-refractivity contribution in [2.45, 2.75) is 0 Å². The number of methoxy groups -OCH3 is 4. The van der Waals surface area contributed by atoms with Crippen LogP contribution in [-0.4, -0.2) is 28.4 Å². The minimum absolute atomic E-state index is 0.696. The molecule has 0 N–H and O–H groups in total. The van der Waals surface area contributed by atoms with E-state index >= 15 is 0 Å². The minimum atomic E-state index is -1.42. The Bertz CT molecular complexity index is 1500. The highest BCUT2D eigenvalue weighted by atomic mass is 35.7. The molecule has 0 amide bonds. The third-order valence-electron chi connectivity index (χ3n) is 6.83. The molecule has 0 spiro atoms. The van der Waals surface area contributed by atoms with Crippen LogP contribution in [0.5, 0.6) is 23.0 Å². The molecule has 0 aliphatic rings. The molecule has 5 aromatic rings. The van der Waals surface area contributed by atoms with E-state index in [1.165, 1.54) is 0 Å². The van der Waals surface area contributed by atoms with Crippen molar-refractivity contribution in [3.05, 3.63) is 109 Å². The quantitative estimate of drug-likeness (QED) is 0.168. The fraction of sp³-hybridized carbons (Fsp3) is 0.118. The zero-order valence-corrected chi connectivity index (χ0v) is 24.5. The molecular formula is C34H30ClO4P. The lowest BCUT2D eigenvalue weighted by molar-refractivity contribution is 0.397. The smallest absolute Gasteiger partial charge is 0.130 e. The summed E-state index contributed by atoms with van der Waals surface area (Å²) >= 11 is 7.68. The van der Waals surface area contributed by atoms with Crippen molar-refractivity contribution in [2.75, 3.05) is 28.4 Å². The fourth-order valence-corrected chi connectivity index (χ4v) is 7.68. The highest BCUT2D eigenvalue weighted by molar-refractivity contribution is 7.96. The average molecular weight is 569 g/mol. The Labute approximate surface area is 241 Å². The summed E-state index contributed by atoms with van der Waals surface area (Å²) in [7, 11) is 5.24. The number of hydrogen-bond donors (Lipinski definition) is 0. The SMILES string of the molecule is COc1cccc(OC)c1-c1cccc(-c2c(OC)cccc2OC)c1P(Cl)c1ccccc1-c1ccccc1. The molecule has 5 rings (SSSR count). The second kappa shape index (κ2) is 12.5. The van der Waals surface area contributed by atoms with E-state index in [2.05, 4.69) is 36.4 Å². The van der Waals surface area contributed by atoms with Crippen LogP contribution in [0.25, 0.3) is 33.4 Å². The maximum Gasteiger partial charge on any atom is 0.130 e. The largest absolute Gasteiger partial charge is 0.496 e. The Morgan fingerprint density at radius 3 is 1.32 bits per heavy atom. The van der Waals surface area contributed by atoms with E-state index in [-0.39, 0.29) is 0 Å². The van der Waals surface area contributed by atoms with Gasteiger partial charge in [0.05, 0.1) is 46.8 Å². The van der Waals surface area contributed by atoms with Gasteiger partial charge in [0, 0.05) is 10.6 Å². The molecule has 0 aliphatic carbocycles. The van der Waals surface area contributed by atoms with Crippen LogP contribution in [0.15, 0.2) is 109 Å². The summed E-state index contributed by atoms with van der Waals surface area (Å²) in [6.07, 6.45) is 0. The van der Waals surface area contributed by atoms with Crippen molar-refractivity contribution in [1.82, 2.24) is 0 Å². The van der Waals surface area contributed by atoms with Crippen molar-refractivity contribution in [2.24, 2.45) is 0 Å². The van der Waals surface area contributed by atoms with Crippen molar-refractivity contribution < 1.29 is 18.9 Å². The molecule has 0 saturated heterocycles. The van der Waals surface area contributed by atoms with Gasteiger partial charge < -0.3 is 18.9 Å². The first-order valence-corrected chi connectivity index (χ1v) is 15.0. The van der Waals surface area contributed by atoms with Crippen LogP contribution in [-0.2, 0) is 0 Å². The van der Waals surface area contributed by atoms with Gasteiger partial charge in [-0.25, -0.2) is 0 Å². The van der Waals surface area contributed by atoms with Crippen LogP contribution in [0, 0.1) is 0 Å². The van der Waals surface area contributed by atoms with Crippen molar-refractivity contribution in [3.63, 3.8) is 0 Å². The molecule has 4 nitrogen and oxygen atoms in total. The van der Waals surface area contributed by atoms with E-state index in [0.717, 1.165) is 44.0 Å². The second-order valence-corrected chi connectivity index (χ2v) is 11.4. The van der Waals surface area contributed by atoms with Gasteiger partial charge in [-0.1, -0.05) is 96.2 Å². The van der Waals surface area contributed by atoms with Gasteiger partial charge in [-0.05, 0) is 46.5 Å². The summed E-state index contributed by atoms with van der Waals surface area (Å²) in [5.41, 5.74) is 5.71. The normalized spacial score (nSPS) is 11.5. The number of benzene rings is 5. The van der Waals surface area contributed by atoms with Crippen LogP contribution in [0.4, 0.5) is 0 Å². The molecule has 5 aromatic carbocycles. The summed E-state index contributed by atoms with van der Waals surface area (Å²) in [6, 6.07) is 36.4. The molecule has 0 radical (unpaired) electrons. The van der Waals surface area contributed by atoms with Crippen LogP contribution in [0.2, 0.25) is 0 Å². The standard InChI is InChI=1S/C34H30ClO4P/c1-36-27-18-11-19-28(37-2)32(27)25-16-10-17-26(33-29(38-3)20-12-21-30(33)39-4)34(25)40(35)31-22-9-8-15-24(31)23-13-6-5-7-14-23/h5-22H,1-4H3. The Morgan fingerprint density at radius 1 is 0.450 bits per heavy atom. The summed E-state index contributed by atoms with van der Waals surface area (Å²) in [6.45, 7) is 0. The monoisotopic (exact) mass is 568 g/mol. The average Bonchev–Trinajstić information content (AvgIpc) is 3.03. The lowest BCUT2D eigenvalue weighted by Gasteiger charge is -2.25. The molecule has 0 aromatic heterocycles. The van der Waals surface area contributed by atoms with Gasteiger partial charge in [0.1, 0.15) is 23.0 Å². The molecule has 0 aliphatic heterocycles. The first kappa shape index (κ1) is 27.6. The molecule has 1 unspecified atom stereocenters. The first-order valence-electron chi connectivity index (χ1n) is 12.8. The van der Waals surface area contributed by atoms with Gasteiger partial charge in [0.15, 0.2) is 0 Å². The molecular weight excluding hydrogens is 539 g/mol. The first-order chi connectivity index (χ1) is 19.6. The Hall–Kier alpha value is -3.98. The third-order valence-corrected chi connectivity index (χ3v) is 9.57. The molecule has 0 saturated carbocycles. The van der Waals surface area contributed by atoms with Gasteiger partial charge in [0.25, 0.3) is 0 Å². The number of ether oxygens (including phenoxy) is 4. The second-order valence-electron chi connectivity index (χ2n) is 8.94. The molecule has 0 heterocycles. The van der Waals surface area contributed by atoms with Gasteiger partial charge in [-0.15, -0.1) is 0 Å². The topological polar surface area (TPSA) is 36.9 Å². The third kappa shape index (κ3) is 5.13. The molecule has 1 atom stereocenters. The Kier molecular flexibility index (Phi) is 8.60. The summed E-state index contributed by atoms with van der Waals surface area (Å²) in [5, 5.41) is 2.00. The van der Waals surface area contributed by atoms with Crippen LogP contribution in [0.3, 0.4) is 0 Å². The van der Waals surface area contributed by atoms with Crippen molar-refractivity contribution in [3.8, 4) is 56.4 Å². The van der Waals surface area contributed by atoms with Crippen LogP contribution >= 0.6 is 18.5 Å². The molecule has 202 valence electrons. The molecule has 6 heteroatoms. The van der Waals surface area contributed by atoms with E-state index < -0.39 is 7.27 Å². The van der Waals surface area contributed by atoms with E-state index in [1.807, 2.05) is 72.8 Å². The van der Waals surface area contributed by atoms with Gasteiger partial charge in [0.2, 0.25) is 0 Å². The molecule has 40 heavy (non-hydrogen) atoms. The maximum atomic E-state index is 7.68. The molecule has 0 bridgehead atoms. The van der Waals surface area contributed by atoms with E-state index in [0.29, 0.717) is 23.0 Å². The number of rotatable bonds is 9. The summed E-state index contributed by atoms with van der Waals surface area (Å²) in [4.78, 5) is 0. The zero-order chi connectivity index (χ0) is 28.1. The fourth-order valence-electron chi connectivity index (χ4n) is 5.02. The van der Waals surface area contributed by atoms with Gasteiger partial charge in [-0.2, -0.15) is 0 Å². The predicted molar refractivity (Wildman–Crippen MR) is 167 cm³/mol. The lowest BCUT2D eigenvalue weighted by Crippen LogP contribution is -2.16. The molecule has 0 fully saturated rings. The predicted octanol–water partition coefficient (Wildman–Crippen LogP) is 8.31. The van der Waals surface area contributed by atoms with E-state index in [1.54, 1.807) is 28.4 Å². The minimum Gasteiger partial charge on any atom is -0.496 e. The van der Waals surface area contributed by atoms with Gasteiger partial charge >= 0.3 is 0 Å².